The second kappa shape index (κ2) is 14.6. The van der Waals surface area contributed by atoms with Crippen molar-refractivity contribution in [1.29, 1.82) is 0 Å². The zero-order chi connectivity index (χ0) is 30.9. The number of rotatable bonds is 13. The van der Waals surface area contributed by atoms with Gasteiger partial charge in [-0.3, -0.25) is 13.9 Å². The lowest BCUT2D eigenvalue weighted by molar-refractivity contribution is -0.140. The van der Waals surface area contributed by atoms with Gasteiger partial charge in [0.05, 0.1) is 17.5 Å². The maximum Gasteiger partial charge on any atom is 0.416 e. The summed E-state index contributed by atoms with van der Waals surface area (Å²) in [7, 11) is -4.21. The smallest absolute Gasteiger partial charge is 0.354 e. The standard InChI is InChI=1S/C30H33ClF3N3O4S/c1-3-4-16-35-29(39)27(18-22-10-6-5-7-11-22)36(20-23-12-8-14-25(31)17-23)28(38)21-37(42(2,40)41)26-15-9-13-24(19-26)30(32,33)34/h5-15,17,19,27H,3-4,16,18,20-21H2,1-2H3,(H,35,39)/t27-/m1/s1. The molecule has 226 valence electrons. The highest BCUT2D eigenvalue weighted by Gasteiger charge is 2.35. The summed E-state index contributed by atoms with van der Waals surface area (Å²) in [4.78, 5) is 28.8. The van der Waals surface area contributed by atoms with Gasteiger partial charge in [0.1, 0.15) is 12.6 Å². The molecule has 0 aliphatic carbocycles. The Bertz CT molecular complexity index is 1470. The highest BCUT2D eigenvalue weighted by atomic mass is 35.5. The van der Waals surface area contributed by atoms with Gasteiger partial charge in [0.25, 0.3) is 0 Å². The molecule has 0 saturated heterocycles. The van der Waals surface area contributed by atoms with Crippen LogP contribution in [0, 0.1) is 0 Å². The zero-order valence-electron chi connectivity index (χ0n) is 23.3. The summed E-state index contributed by atoms with van der Waals surface area (Å²) in [6.45, 7) is 1.42. The van der Waals surface area contributed by atoms with Crippen LogP contribution in [0.3, 0.4) is 0 Å². The van der Waals surface area contributed by atoms with E-state index in [1.807, 2.05) is 13.0 Å². The van der Waals surface area contributed by atoms with Crippen LogP contribution >= 0.6 is 11.6 Å². The molecule has 0 saturated carbocycles. The van der Waals surface area contributed by atoms with E-state index < -0.39 is 46.2 Å². The first kappa shape index (κ1) is 32.9. The monoisotopic (exact) mass is 623 g/mol. The second-order valence-corrected chi connectivity index (χ2v) is 12.2. The summed E-state index contributed by atoms with van der Waals surface area (Å²) in [6.07, 6.45) is -2.26. The number of alkyl halides is 3. The molecule has 0 bridgehead atoms. The van der Waals surface area contributed by atoms with Gasteiger partial charge in [-0.2, -0.15) is 13.2 Å². The van der Waals surface area contributed by atoms with E-state index >= 15 is 0 Å². The topological polar surface area (TPSA) is 86.8 Å². The van der Waals surface area contributed by atoms with Crippen LogP contribution in [0.5, 0.6) is 0 Å². The third-order valence-electron chi connectivity index (χ3n) is 6.48. The lowest BCUT2D eigenvalue weighted by Crippen LogP contribution is -2.53. The minimum atomic E-state index is -4.72. The number of anilines is 1. The van der Waals surface area contributed by atoms with E-state index in [9.17, 15) is 31.2 Å². The van der Waals surface area contributed by atoms with Crippen molar-refractivity contribution in [2.45, 2.75) is 44.9 Å². The number of sulfonamides is 1. The van der Waals surface area contributed by atoms with Gasteiger partial charge in [-0.1, -0.05) is 73.5 Å². The average Bonchev–Trinajstić information content (AvgIpc) is 2.93. The second-order valence-electron chi connectivity index (χ2n) is 9.82. The molecule has 0 aliphatic rings. The number of amides is 2. The van der Waals surface area contributed by atoms with Crippen LogP contribution in [-0.4, -0.2) is 50.5 Å². The van der Waals surface area contributed by atoms with Crippen molar-refractivity contribution in [3.63, 3.8) is 0 Å². The summed E-state index contributed by atoms with van der Waals surface area (Å²) >= 11 is 6.18. The molecule has 0 aliphatic heterocycles. The number of halogens is 4. The fourth-order valence-corrected chi connectivity index (χ4v) is 5.40. The molecule has 42 heavy (non-hydrogen) atoms. The summed E-state index contributed by atoms with van der Waals surface area (Å²) in [5.74, 6) is -1.21. The Balaban J connectivity index is 2.06. The summed E-state index contributed by atoms with van der Waals surface area (Å²) in [5, 5.41) is 3.26. The van der Waals surface area contributed by atoms with Crippen LogP contribution < -0.4 is 9.62 Å². The number of nitrogens with zero attached hydrogens (tertiary/aromatic N) is 2. The molecule has 3 aromatic carbocycles. The molecule has 1 atom stereocenters. The Kier molecular flexibility index (Phi) is 11.4. The fourth-order valence-electron chi connectivity index (χ4n) is 4.34. The lowest BCUT2D eigenvalue weighted by Gasteiger charge is -2.33. The molecule has 2 amide bonds. The van der Waals surface area contributed by atoms with Gasteiger partial charge in [-0.15, -0.1) is 0 Å². The Hall–Kier alpha value is -3.57. The van der Waals surface area contributed by atoms with E-state index in [4.69, 9.17) is 11.6 Å². The molecule has 0 heterocycles. The van der Waals surface area contributed by atoms with Crippen molar-refractivity contribution in [3.8, 4) is 0 Å². The summed E-state index contributed by atoms with van der Waals surface area (Å²) in [5.41, 5.74) is -0.0420. The van der Waals surface area contributed by atoms with Crippen LogP contribution in [0.4, 0.5) is 18.9 Å². The molecule has 3 aromatic rings. The summed E-state index contributed by atoms with van der Waals surface area (Å²) in [6, 6.07) is 18.4. The third kappa shape index (κ3) is 9.49. The predicted octanol–water partition coefficient (Wildman–Crippen LogP) is 5.68. The minimum absolute atomic E-state index is 0.0989. The quantitative estimate of drug-likeness (QED) is 0.248. The van der Waals surface area contributed by atoms with E-state index in [-0.39, 0.29) is 18.7 Å². The number of hydrogen-bond acceptors (Lipinski definition) is 4. The molecule has 0 radical (unpaired) electrons. The SMILES string of the molecule is CCCCNC(=O)[C@@H](Cc1ccccc1)N(Cc1cccc(Cl)c1)C(=O)CN(c1cccc(C(F)(F)F)c1)S(C)(=O)=O. The van der Waals surface area contributed by atoms with Crippen molar-refractivity contribution >= 4 is 39.1 Å². The van der Waals surface area contributed by atoms with Gasteiger partial charge < -0.3 is 10.2 Å². The van der Waals surface area contributed by atoms with Gasteiger partial charge >= 0.3 is 6.18 Å². The lowest BCUT2D eigenvalue weighted by atomic mass is 10.0. The maximum atomic E-state index is 14.0. The molecule has 0 spiro atoms. The van der Waals surface area contributed by atoms with Crippen LogP contribution in [0.15, 0.2) is 78.9 Å². The predicted molar refractivity (Wildman–Crippen MR) is 157 cm³/mol. The molecular weight excluding hydrogens is 591 g/mol. The average molecular weight is 624 g/mol. The maximum absolute atomic E-state index is 14.0. The molecule has 0 fully saturated rings. The van der Waals surface area contributed by atoms with Crippen LogP contribution in [0.1, 0.15) is 36.5 Å². The summed E-state index contributed by atoms with van der Waals surface area (Å²) < 4.78 is 66.5. The van der Waals surface area contributed by atoms with Crippen molar-refractivity contribution < 1.29 is 31.2 Å². The number of carbonyl (C=O) groups excluding carboxylic acids is 2. The molecule has 0 unspecified atom stereocenters. The van der Waals surface area contributed by atoms with E-state index in [2.05, 4.69) is 5.32 Å². The minimum Gasteiger partial charge on any atom is -0.354 e. The number of benzene rings is 3. The van der Waals surface area contributed by atoms with E-state index in [0.29, 0.717) is 33.9 Å². The van der Waals surface area contributed by atoms with Crippen molar-refractivity contribution in [2.75, 3.05) is 23.7 Å². The largest absolute Gasteiger partial charge is 0.416 e. The van der Waals surface area contributed by atoms with Crippen LogP contribution in [0.25, 0.3) is 0 Å². The first-order valence-corrected chi connectivity index (χ1v) is 15.5. The van der Waals surface area contributed by atoms with Crippen molar-refractivity contribution in [1.82, 2.24) is 10.2 Å². The third-order valence-corrected chi connectivity index (χ3v) is 7.86. The molecular formula is C30H33ClF3N3O4S. The van der Waals surface area contributed by atoms with Gasteiger partial charge in [0.2, 0.25) is 21.8 Å². The number of unbranched alkanes of at least 4 members (excludes halogenated alkanes) is 1. The Labute approximate surface area is 249 Å². The van der Waals surface area contributed by atoms with E-state index in [1.165, 1.54) is 11.0 Å². The van der Waals surface area contributed by atoms with Gasteiger partial charge in [0, 0.05) is 24.5 Å². The normalized spacial score (nSPS) is 12.4. The van der Waals surface area contributed by atoms with Crippen molar-refractivity contribution in [2.24, 2.45) is 0 Å². The Morgan fingerprint density at radius 3 is 2.24 bits per heavy atom. The Morgan fingerprint density at radius 2 is 1.62 bits per heavy atom. The van der Waals surface area contributed by atoms with Gasteiger partial charge in [-0.05, 0) is 47.9 Å². The van der Waals surface area contributed by atoms with E-state index in [0.717, 1.165) is 30.4 Å². The van der Waals surface area contributed by atoms with E-state index in [1.54, 1.807) is 48.5 Å². The number of nitrogens with one attached hydrogen (secondary N) is 1. The highest BCUT2D eigenvalue weighted by molar-refractivity contribution is 7.92. The molecule has 12 heteroatoms. The van der Waals surface area contributed by atoms with Crippen LogP contribution in [-0.2, 0) is 38.8 Å². The van der Waals surface area contributed by atoms with Gasteiger partial charge in [0.15, 0.2) is 0 Å². The molecule has 0 aromatic heterocycles. The first-order chi connectivity index (χ1) is 19.8. The molecule has 1 N–H and O–H groups in total. The fraction of sp³-hybridized carbons (Fsp3) is 0.333. The van der Waals surface area contributed by atoms with Crippen molar-refractivity contribution in [3.05, 3.63) is 101 Å². The molecule has 7 nitrogen and oxygen atoms in total. The van der Waals surface area contributed by atoms with Gasteiger partial charge in [-0.25, -0.2) is 8.42 Å². The molecule has 3 rings (SSSR count). The number of carbonyl (C=O) groups is 2. The Morgan fingerprint density at radius 1 is 0.952 bits per heavy atom. The highest BCUT2D eigenvalue weighted by Crippen LogP contribution is 2.32. The zero-order valence-corrected chi connectivity index (χ0v) is 24.8. The number of hydrogen-bond donors (Lipinski definition) is 1. The first-order valence-electron chi connectivity index (χ1n) is 13.3. The van der Waals surface area contributed by atoms with Crippen LogP contribution in [0.2, 0.25) is 5.02 Å².